The molecule has 1 N–H and O–H groups in total. The smallest absolute Gasteiger partial charge is 0.335 e. The van der Waals surface area contributed by atoms with Crippen LogP contribution in [-0.2, 0) is 6.61 Å². The van der Waals surface area contributed by atoms with E-state index in [1.165, 1.54) is 11.1 Å². The second-order valence-corrected chi connectivity index (χ2v) is 4.98. The minimum atomic E-state index is -0.908. The third-order valence-electron chi connectivity index (χ3n) is 3.46. The number of carboxylic acid groups (broad SMARTS) is 1. The van der Waals surface area contributed by atoms with Crippen molar-refractivity contribution in [3.8, 4) is 5.75 Å². The molecule has 0 fully saturated rings. The van der Waals surface area contributed by atoms with E-state index < -0.39 is 5.97 Å². The molecule has 0 heterocycles. The van der Waals surface area contributed by atoms with Crippen molar-refractivity contribution < 1.29 is 14.6 Å². The summed E-state index contributed by atoms with van der Waals surface area (Å²) in [5.74, 6) is -0.0791. The van der Waals surface area contributed by atoms with E-state index in [9.17, 15) is 4.79 Å². The molecule has 2 rings (SSSR count). The fourth-order valence-corrected chi connectivity index (χ4v) is 1.96. The summed E-state index contributed by atoms with van der Waals surface area (Å²) in [6, 6.07) is 11.1. The lowest BCUT2D eigenvalue weighted by atomic mass is 10.1. The topological polar surface area (TPSA) is 46.5 Å². The van der Waals surface area contributed by atoms with Gasteiger partial charge in [-0.1, -0.05) is 12.1 Å². The highest BCUT2D eigenvalue weighted by atomic mass is 16.5. The first-order valence-corrected chi connectivity index (χ1v) is 6.50. The van der Waals surface area contributed by atoms with Crippen LogP contribution in [-0.4, -0.2) is 11.1 Å². The summed E-state index contributed by atoms with van der Waals surface area (Å²) in [4.78, 5) is 10.9. The van der Waals surface area contributed by atoms with Crippen LogP contribution < -0.4 is 4.74 Å². The second-order valence-electron chi connectivity index (χ2n) is 4.98. The molecular formula is C17H18O3. The molecule has 104 valence electrons. The highest BCUT2D eigenvalue weighted by Gasteiger charge is 2.06. The van der Waals surface area contributed by atoms with Gasteiger partial charge < -0.3 is 9.84 Å². The number of carboxylic acids is 1. The number of ether oxygens (including phenoxy) is 1. The summed E-state index contributed by atoms with van der Waals surface area (Å²) in [6.07, 6.45) is 0. The Balaban J connectivity index is 2.10. The minimum absolute atomic E-state index is 0.303. The van der Waals surface area contributed by atoms with Gasteiger partial charge >= 0.3 is 5.97 Å². The molecule has 0 bridgehead atoms. The van der Waals surface area contributed by atoms with Crippen LogP contribution in [0.1, 0.15) is 32.6 Å². The van der Waals surface area contributed by atoms with Crippen molar-refractivity contribution in [2.24, 2.45) is 0 Å². The molecule has 20 heavy (non-hydrogen) atoms. The standard InChI is InChI=1S/C17H18O3/c1-11-4-7-16(9-12(11)2)20-10-15-6-5-14(17(18)19)8-13(15)3/h4-9H,10H2,1-3H3,(H,18,19). The van der Waals surface area contributed by atoms with E-state index >= 15 is 0 Å². The summed E-state index contributed by atoms with van der Waals surface area (Å²) >= 11 is 0. The Labute approximate surface area is 118 Å². The fourth-order valence-electron chi connectivity index (χ4n) is 1.96. The molecule has 0 aliphatic rings. The number of rotatable bonds is 4. The number of aromatic carboxylic acids is 1. The molecule has 0 atom stereocenters. The van der Waals surface area contributed by atoms with E-state index in [4.69, 9.17) is 9.84 Å². The molecule has 0 amide bonds. The lowest BCUT2D eigenvalue weighted by molar-refractivity contribution is 0.0696. The van der Waals surface area contributed by atoms with E-state index in [1.54, 1.807) is 18.2 Å². The maximum atomic E-state index is 10.9. The van der Waals surface area contributed by atoms with Crippen LogP contribution in [0.3, 0.4) is 0 Å². The van der Waals surface area contributed by atoms with Crippen molar-refractivity contribution >= 4 is 5.97 Å². The van der Waals surface area contributed by atoms with E-state index in [-0.39, 0.29) is 0 Å². The largest absolute Gasteiger partial charge is 0.489 e. The Morgan fingerprint density at radius 1 is 1.00 bits per heavy atom. The Morgan fingerprint density at radius 2 is 1.75 bits per heavy atom. The van der Waals surface area contributed by atoms with Crippen molar-refractivity contribution in [1.82, 2.24) is 0 Å². The highest BCUT2D eigenvalue weighted by Crippen LogP contribution is 2.19. The summed E-state index contributed by atoms with van der Waals surface area (Å²) < 4.78 is 5.76. The maximum Gasteiger partial charge on any atom is 0.335 e. The molecule has 0 unspecified atom stereocenters. The zero-order valence-electron chi connectivity index (χ0n) is 11.9. The van der Waals surface area contributed by atoms with Gasteiger partial charge in [-0.2, -0.15) is 0 Å². The lowest BCUT2D eigenvalue weighted by Crippen LogP contribution is -2.02. The molecule has 0 aliphatic heterocycles. The number of carbonyl (C=O) groups is 1. The SMILES string of the molecule is Cc1ccc(OCc2ccc(C(=O)O)cc2C)cc1C. The Kier molecular flexibility index (Phi) is 4.08. The van der Waals surface area contributed by atoms with Crippen molar-refractivity contribution in [3.05, 3.63) is 64.2 Å². The van der Waals surface area contributed by atoms with Crippen molar-refractivity contribution in [3.63, 3.8) is 0 Å². The van der Waals surface area contributed by atoms with E-state index in [0.717, 1.165) is 16.9 Å². The summed E-state index contributed by atoms with van der Waals surface area (Å²) in [5.41, 5.74) is 4.65. The van der Waals surface area contributed by atoms with Gasteiger partial charge in [0, 0.05) is 0 Å². The third kappa shape index (κ3) is 3.18. The molecule has 3 heteroatoms. The quantitative estimate of drug-likeness (QED) is 0.916. The van der Waals surface area contributed by atoms with Gasteiger partial charge in [0.15, 0.2) is 0 Å². The van der Waals surface area contributed by atoms with Crippen molar-refractivity contribution in [2.45, 2.75) is 27.4 Å². The average Bonchev–Trinajstić information content (AvgIpc) is 2.41. The molecular weight excluding hydrogens is 252 g/mol. The zero-order valence-corrected chi connectivity index (χ0v) is 11.9. The van der Waals surface area contributed by atoms with Crippen LogP contribution in [0.4, 0.5) is 0 Å². The molecule has 0 saturated heterocycles. The van der Waals surface area contributed by atoms with Gasteiger partial charge in [-0.05, 0) is 67.3 Å². The number of hydrogen-bond donors (Lipinski definition) is 1. The number of aryl methyl sites for hydroxylation is 3. The highest BCUT2D eigenvalue weighted by molar-refractivity contribution is 5.87. The maximum absolute atomic E-state index is 10.9. The molecule has 2 aromatic carbocycles. The lowest BCUT2D eigenvalue weighted by Gasteiger charge is -2.10. The first-order chi connectivity index (χ1) is 9.47. The molecule has 0 aliphatic carbocycles. The van der Waals surface area contributed by atoms with Crippen LogP contribution in [0.5, 0.6) is 5.75 Å². The van der Waals surface area contributed by atoms with Crippen molar-refractivity contribution in [2.75, 3.05) is 0 Å². The zero-order chi connectivity index (χ0) is 14.7. The van der Waals surface area contributed by atoms with Gasteiger partial charge in [-0.3, -0.25) is 0 Å². The fraction of sp³-hybridized carbons (Fsp3) is 0.235. The van der Waals surface area contributed by atoms with Crippen LogP contribution >= 0.6 is 0 Å². The van der Waals surface area contributed by atoms with Gasteiger partial charge in [0.05, 0.1) is 5.56 Å². The third-order valence-corrected chi connectivity index (χ3v) is 3.46. The molecule has 0 saturated carbocycles. The van der Waals surface area contributed by atoms with E-state index in [2.05, 4.69) is 13.8 Å². The molecule has 0 radical (unpaired) electrons. The van der Waals surface area contributed by atoms with Gasteiger partial charge in [0.2, 0.25) is 0 Å². The summed E-state index contributed by atoms with van der Waals surface area (Å²) in [6.45, 7) is 6.45. The Morgan fingerprint density at radius 3 is 2.35 bits per heavy atom. The molecule has 2 aromatic rings. The van der Waals surface area contributed by atoms with Gasteiger partial charge in [0.25, 0.3) is 0 Å². The van der Waals surface area contributed by atoms with E-state index in [1.807, 2.05) is 25.1 Å². The predicted molar refractivity (Wildman–Crippen MR) is 78.4 cm³/mol. The van der Waals surface area contributed by atoms with Gasteiger partial charge in [-0.15, -0.1) is 0 Å². The average molecular weight is 270 g/mol. The van der Waals surface area contributed by atoms with Gasteiger partial charge in [0.1, 0.15) is 12.4 Å². The normalized spacial score (nSPS) is 10.3. The van der Waals surface area contributed by atoms with Gasteiger partial charge in [-0.25, -0.2) is 4.79 Å². The monoisotopic (exact) mass is 270 g/mol. The van der Waals surface area contributed by atoms with Crippen LogP contribution in [0.25, 0.3) is 0 Å². The predicted octanol–water partition coefficient (Wildman–Crippen LogP) is 3.89. The van der Waals surface area contributed by atoms with Crippen LogP contribution in [0.2, 0.25) is 0 Å². The summed E-state index contributed by atoms with van der Waals surface area (Å²) in [7, 11) is 0. The summed E-state index contributed by atoms with van der Waals surface area (Å²) in [5, 5.41) is 8.93. The van der Waals surface area contributed by atoms with Crippen LogP contribution in [0, 0.1) is 20.8 Å². The Hall–Kier alpha value is -2.29. The van der Waals surface area contributed by atoms with Crippen LogP contribution in [0.15, 0.2) is 36.4 Å². The number of hydrogen-bond acceptors (Lipinski definition) is 2. The molecule has 3 nitrogen and oxygen atoms in total. The molecule has 0 spiro atoms. The van der Waals surface area contributed by atoms with E-state index in [0.29, 0.717) is 12.2 Å². The second kappa shape index (κ2) is 5.78. The first-order valence-electron chi connectivity index (χ1n) is 6.50. The minimum Gasteiger partial charge on any atom is -0.489 e. The number of benzene rings is 2. The Bertz CT molecular complexity index is 645. The first kappa shape index (κ1) is 14.1. The van der Waals surface area contributed by atoms with Crippen molar-refractivity contribution in [1.29, 1.82) is 0 Å². The molecule has 0 aromatic heterocycles.